The van der Waals surface area contributed by atoms with E-state index in [1.165, 1.54) is 4.90 Å². The first kappa shape index (κ1) is 17.5. The zero-order valence-electron chi connectivity index (χ0n) is 15.6. The maximum absolute atomic E-state index is 13.4. The van der Waals surface area contributed by atoms with Gasteiger partial charge in [0.15, 0.2) is 6.10 Å². The van der Waals surface area contributed by atoms with Gasteiger partial charge in [-0.3, -0.25) is 14.4 Å². The van der Waals surface area contributed by atoms with Crippen molar-refractivity contribution in [3.63, 3.8) is 0 Å². The van der Waals surface area contributed by atoms with Crippen molar-refractivity contribution in [2.24, 2.45) is 5.92 Å². The lowest BCUT2D eigenvalue weighted by molar-refractivity contribution is -0.126. The van der Waals surface area contributed by atoms with Gasteiger partial charge < -0.3 is 9.15 Å². The molecular formula is C22H18N2O5. The largest absolute Gasteiger partial charge is 0.497 e. The molecule has 2 amide bonds. The third kappa shape index (κ3) is 2.70. The number of hydrogen-bond acceptors (Lipinski definition) is 6. The van der Waals surface area contributed by atoms with Crippen LogP contribution in [0.1, 0.15) is 11.8 Å². The number of para-hydroxylation sites is 1. The average Bonchev–Trinajstić information content (AvgIpc) is 3.47. The number of ether oxygens (including phenoxy) is 1. The third-order valence-electron chi connectivity index (χ3n) is 5.29. The second kappa shape index (κ2) is 6.79. The predicted molar refractivity (Wildman–Crippen MR) is 104 cm³/mol. The summed E-state index contributed by atoms with van der Waals surface area (Å²) in [4.78, 5) is 33.7. The standard InChI is InChI=1S/C22H18N2O5/c1-27-16-11-9-14(10-12-16)23-21(25)18-19(17-8-5-13-28-17)24(29-20(18)22(23)26)15-6-3-2-4-7-15/h2-13,18-20H,1H3/t18-,19-,20+/m0/s1. The number of amides is 2. The van der Waals surface area contributed by atoms with Crippen LogP contribution in [-0.4, -0.2) is 25.0 Å². The van der Waals surface area contributed by atoms with E-state index in [1.54, 1.807) is 54.8 Å². The number of furan rings is 1. The van der Waals surface area contributed by atoms with Gasteiger partial charge in [0.25, 0.3) is 5.91 Å². The summed E-state index contributed by atoms with van der Waals surface area (Å²) >= 11 is 0. The number of benzene rings is 2. The Balaban J connectivity index is 1.54. The maximum atomic E-state index is 13.4. The van der Waals surface area contributed by atoms with Gasteiger partial charge in [0, 0.05) is 0 Å². The summed E-state index contributed by atoms with van der Waals surface area (Å²) in [6.07, 6.45) is 0.633. The number of nitrogens with zero attached hydrogens (tertiary/aromatic N) is 2. The first-order valence-electron chi connectivity index (χ1n) is 9.25. The molecule has 0 radical (unpaired) electrons. The zero-order chi connectivity index (χ0) is 20.0. The minimum Gasteiger partial charge on any atom is -0.497 e. The van der Waals surface area contributed by atoms with Crippen LogP contribution in [0.25, 0.3) is 0 Å². The van der Waals surface area contributed by atoms with Gasteiger partial charge in [-0.15, -0.1) is 0 Å². The van der Waals surface area contributed by atoms with E-state index in [9.17, 15) is 9.59 Å². The summed E-state index contributed by atoms with van der Waals surface area (Å²) in [6.45, 7) is 0. The molecule has 1 aromatic heterocycles. The number of hydroxylamine groups is 1. The third-order valence-corrected chi connectivity index (χ3v) is 5.29. The van der Waals surface area contributed by atoms with E-state index in [4.69, 9.17) is 14.0 Å². The summed E-state index contributed by atoms with van der Waals surface area (Å²) < 4.78 is 10.8. The fourth-order valence-electron chi connectivity index (χ4n) is 3.95. The molecule has 0 bridgehead atoms. The molecule has 2 fully saturated rings. The van der Waals surface area contributed by atoms with E-state index in [0.29, 0.717) is 17.2 Å². The number of carbonyl (C=O) groups excluding carboxylic acids is 2. The smallest absolute Gasteiger partial charge is 0.266 e. The number of carbonyl (C=O) groups is 2. The molecule has 3 aromatic rings. The van der Waals surface area contributed by atoms with Crippen LogP contribution in [0.5, 0.6) is 5.75 Å². The van der Waals surface area contributed by atoms with Crippen LogP contribution in [0, 0.1) is 5.92 Å². The molecule has 0 unspecified atom stereocenters. The second-order valence-corrected chi connectivity index (χ2v) is 6.88. The monoisotopic (exact) mass is 390 g/mol. The highest BCUT2D eigenvalue weighted by atomic mass is 16.7. The highest BCUT2D eigenvalue weighted by Gasteiger charge is 2.61. The van der Waals surface area contributed by atoms with Crippen LogP contribution < -0.4 is 14.7 Å². The van der Waals surface area contributed by atoms with Crippen molar-refractivity contribution in [3.8, 4) is 5.75 Å². The van der Waals surface area contributed by atoms with E-state index in [-0.39, 0.29) is 11.8 Å². The van der Waals surface area contributed by atoms with Crippen molar-refractivity contribution in [2.75, 3.05) is 17.1 Å². The Kier molecular flexibility index (Phi) is 4.10. The van der Waals surface area contributed by atoms with Crippen molar-refractivity contribution in [1.82, 2.24) is 0 Å². The molecule has 0 spiro atoms. The number of rotatable bonds is 4. The summed E-state index contributed by atoms with van der Waals surface area (Å²) in [5.41, 5.74) is 1.24. The van der Waals surface area contributed by atoms with Gasteiger partial charge in [0.05, 0.1) is 24.7 Å². The zero-order valence-corrected chi connectivity index (χ0v) is 15.6. The van der Waals surface area contributed by atoms with E-state index in [0.717, 1.165) is 5.69 Å². The predicted octanol–water partition coefficient (Wildman–Crippen LogP) is 3.34. The van der Waals surface area contributed by atoms with Gasteiger partial charge in [-0.25, -0.2) is 9.96 Å². The number of methoxy groups -OCH3 is 1. The molecule has 146 valence electrons. The minimum atomic E-state index is -0.917. The first-order valence-corrected chi connectivity index (χ1v) is 9.25. The Morgan fingerprint density at radius 2 is 1.62 bits per heavy atom. The van der Waals surface area contributed by atoms with E-state index in [1.807, 2.05) is 30.3 Å². The summed E-state index contributed by atoms with van der Waals surface area (Å²) in [5, 5.41) is 1.61. The van der Waals surface area contributed by atoms with Crippen LogP contribution in [-0.2, 0) is 14.4 Å². The Bertz CT molecular complexity index is 1030. The molecule has 29 heavy (non-hydrogen) atoms. The van der Waals surface area contributed by atoms with Crippen molar-refractivity contribution in [2.45, 2.75) is 12.1 Å². The molecule has 2 aliphatic rings. The summed E-state index contributed by atoms with van der Waals surface area (Å²) in [6, 6.07) is 19.2. The summed E-state index contributed by atoms with van der Waals surface area (Å²) in [7, 11) is 1.56. The van der Waals surface area contributed by atoms with Crippen molar-refractivity contribution in [3.05, 3.63) is 78.8 Å². The topological polar surface area (TPSA) is 72.2 Å². The van der Waals surface area contributed by atoms with Gasteiger partial charge in [0.2, 0.25) is 5.91 Å². The van der Waals surface area contributed by atoms with Crippen molar-refractivity contribution >= 4 is 23.2 Å². The van der Waals surface area contributed by atoms with Crippen LogP contribution in [0.2, 0.25) is 0 Å². The Morgan fingerprint density at radius 3 is 2.28 bits per heavy atom. The van der Waals surface area contributed by atoms with E-state index in [2.05, 4.69) is 0 Å². The molecule has 0 saturated carbocycles. The quantitative estimate of drug-likeness (QED) is 0.637. The van der Waals surface area contributed by atoms with E-state index >= 15 is 0 Å². The Labute approximate surface area is 167 Å². The Hall–Kier alpha value is -3.58. The number of anilines is 2. The number of imide groups is 1. The lowest BCUT2D eigenvalue weighted by Gasteiger charge is -2.27. The van der Waals surface area contributed by atoms with Crippen molar-refractivity contribution in [1.29, 1.82) is 0 Å². The van der Waals surface area contributed by atoms with Gasteiger partial charge in [-0.05, 0) is 48.5 Å². The molecule has 3 atom stereocenters. The number of hydrogen-bond donors (Lipinski definition) is 0. The highest BCUT2D eigenvalue weighted by molar-refractivity contribution is 6.23. The van der Waals surface area contributed by atoms with Crippen LogP contribution >= 0.6 is 0 Å². The Morgan fingerprint density at radius 1 is 0.862 bits per heavy atom. The van der Waals surface area contributed by atoms with Crippen molar-refractivity contribution < 1.29 is 23.6 Å². The lowest BCUT2D eigenvalue weighted by Crippen LogP contribution is -2.37. The van der Waals surface area contributed by atoms with Crippen LogP contribution in [0.4, 0.5) is 11.4 Å². The maximum Gasteiger partial charge on any atom is 0.266 e. The van der Waals surface area contributed by atoms with Gasteiger partial charge in [-0.2, -0.15) is 0 Å². The summed E-state index contributed by atoms with van der Waals surface area (Å²) in [5.74, 6) is -0.201. The number of fused-ring (bicyclic) bond motifs is 1. The molecule has 0 aliphatic carbocycles. The minimum absolute atomic E-state index is 0.315. The van der Waals surface area contributed by atoms with Gasteiger partial charge in [0.1, 0.15) is 23.5 Å². The van der Waals surface area contributed by atoms with Crippen LogP contribution in [0.15, 0.2) is 77.4 Å². The molecule has 2 aliphatic heterocycles. The van der Waals surface area contributed by atoms with Gasteiger partial charge >= 0.3 is 0 Å². The fraction of sp³-hybridized carbons (Fsp3) is 0.182. The second-order valence-electron chi connectivity index (χ2n) is 6.88. The molecule has 2 aromatic carbocycles. The molecular weight excluding hydrogens is 372 g/mol. The first-order chi connectivity index (χ1) is 14.2. The molecule has 7 heteroatoms. The SMILES string of the molecule is COc1ccc(N2C(=O)[C@@H]3[C@@H](ON(c4ccccc4)[C@H]3c3ccco3)C2=O)cc1. The van der Waals surface area contributed by atoms with Crippen LogP contribution in [0.3, 0.4) is 0 Å². The molecule has 0 N–H and O–H groups in total. The molecule has 7 nitrogen and oxygen atoms in total. The highest BCUT2D eigenvalue weighted by Crippen LogP contribution is 2.47. The average molecular weight is 390 g/mol. The lowest BCUT2D eigenvalue weighted by atomic mass is 9.94. The molecule has 5 rings (SSSR count). The molecule has 2 saturated heterocycles. The van der Waals surface area contributed by atoms with Gasteiger partial charge in [-0.1, -0.05) is 18.2 Å². The fourth-order valence-corrected chi connectivity index (χ4v) is 3.95. The van der Waals surface area contributed by atoms with E-state index < -0.39 is 18.1 Å². The molecule has 3 heterocycles. The normalized spacial score (nSPS) is 23.6.